The Morgan fingerprint density at radius 1 is 1.11 bits per heavy atom. The molecule has 0 bridgehead atoms. The van der Waals surface area contributed by atoms with Gasteiger partial charge in [-0.15, -0.1) is 0 Å². The zero-order valence-corrected chi connectivity index (χ0v) is 14.8. The highest BCUT2D eigenvalue weighted by Crippen LogP contribution is 2.54. The van der Waals surface area contributed by atoms with Gasteiger partial charge < -0.3 is 10.4 Å². The lowest BCUT2D eigenvalue weighted by molar-refractivity contribution is -0.138. The van der Waals surface area contributed by atoms with Gasteiger partial charge in [0.25, 0.3) is 0 Å². The highest BCUT2D eigenvalue weighted by atomic mass is 19.4. The quantitative estimate of drug-likeness (QED) is 0.701. The van der Waals surface area contributed by atoms with Crippen LogP contribution in [0, 0.1) is 12.8 Å². The minimum Gasteiger partial charge on any atom is -0.478 e. The van der Waals surface area contributed by atoms with Crippen LogP contribution >= 0.6 is 0 Å². The fraction of sp³-hybridized carbons (Fsp3) is 0.381. The third-order valence-corrected chi connectivity index (χ3v) is 5.86. The molecular weight excluding hydrogens is 355 g/mol. The molecule has 1 fully saturated rings. The number of carboxylic acids is 1. The van der Waals surface area contributed by atoms with Crippen LogP contribution in [0.25, 0.3) is 0 Å². The number of hydrogen-bond acceptors (Lipinski definition) is 2. The first-order chi connectivity index (χ1) is 12.8. The third kappa shape index (κ3) is 3.07. The van der Waals surface area contributed by atoms with Crippen molar-refractivity contribution in [2.75, 3.05) is 5.32 Å². The molecule has 2 aromatic rings. The number of carboxylic acid groups (broad SMARTS) is 1. The number of aromatic carboxylic acids is 1. The van der Waals surface area contributed by atoms with Crippen molar-refractivity contribution in [2.45, 2.75) is 44.3 Å². The summed E-state index contributed by atoms with van der Waals surface area (Å²) in [6, 6.07) is 8.89. The first-order valence-electron chi connectivity index (χ1n) is 9.07. The van der Waals surface area contributed by atoms with Gasteiger partial charge in [-0.05, 0) is 60.9 Å². The fourth-order valence-electron chi connectivity index (χ4n) is 4.68. The van der Waals surface area contributed by atoms with E-state index in [0.717, 1.165) is 36.6 Å². The Kier molecular flexibility index (Phi) is 4.17. The molecule has 1 heterocycles. The number of halogens is 3. The average Bonchev–Trinajstić information content (AvgIpc) is 3.10. The lowest BCUT2D eigenvalue weighted by Gasteiger charge is -2.38. The van der Waals surface area contributed by atoms with E-state index in [9.17, 15) is 18.0 Å². The number of fused-ring (bicyclic) bond motifs is 3. The minimum absolute atomic E-state index is 0.0658. The van der Waals surface area contributed by atoms with E-state index in [2.05, 4.69) is 11.4 Å². The van der Waals surface area contributed by atoms with Gasteiger partial charge in [-0.2, -0.15) is 13.2 Å². The summed E-state index contributed by atoms with van der Waals surface area (Å²) in [6.07, 6.45) is -1.80. The van der Waals surface area contributed by atoms with E-state index in [1.54, 1.807) is 0 Å². The van der Waals surface area contributed by atoms with Crippen LogP contribution in [0.15, 0.2) is 36.4 Å². The maximum atomic E-state index is 13.7. The van der Waals surface area contributed by atoms with Crippen LogP contribution in [-0.4, -0.2) is 11.1 Å². The molecule has 0 saturated heterocycles. The zero-order valence-electron chi connectivity index (χ0n) is 14.8. The molecule has 1 aliphatic heterocycles. The van der Waals surface area contributed by atoms with Crippen molar-refractivity contribution in [1.29, 1.82) is 0 Å². The molecule has 0 radical (unpaired) electrons. The number of rotatable bonds is 2. The normalized spacial score (nSPS) is 24.1. The predicted molar refractivity (Wildman–Crippen MR) is 96.0 cm³/mol. The molecule has 2 aliphatic rings. The molecule has 0 amide bonds. The van der Waals surface area contributed by atoms with Gasteiger partial charge in [0.1, 0.15) is 0 Å². The van der Waals surface area contributed by atoms with Gasteiger partial charge in [0.2, 0.25) is 0 Å². The number of nitrogens with one attached hydrogen (secondary N) is 1. The summed E-state index contributed by atoms with van der Waals surface area (Å²) in [4.78, 5) is 11.2. The number of aryl methyl sites for hydroxylation is 1. The maximum absolute atomic E-state index is 13.7. The Morgan fingerprint density at radius 3 is 2.59 bits per heavy atom. The number of benzene rings is 2. The molecule has 2 aromatic carbocycles. The standard InChI is InChI=1S/C21H20F3NO2/c1-11-5-8-18-16(9-11)13-3-2-4-14(13)19(25-18)15-7-6-12(20(26)27)10-17(15)21(22,23)24/h5-10,13-14,19,25H,2-4H2,1H3,(H,26,27)/t13-,14+,19-/m1/s1. The number of alkyl halides is 3. The van der Waals surface area contributed by atoms with E-state index in [4.69, 9.17) is 5.11 Å². The summed E-state index contributed by atoms with van der Waals surface area (Å²) in [5.41, 5.74) is 2.13. The molecule has 3 atom stereocenters. The monoisotopic (exact) mass is 375 g/mol. The van der Waals surface area contributed by atoms with Gasteiger partial charge in [-0.1, -0.05) is 30.2 Å². The molecule has 4 rings (SSSR count). The van der Waals surface area contributed by atoms with Crippen LogP contribution in [0.1, 0.15) is 63.8 Å². The topological polar surface area (TPSA) is 49.3 Å². The summed E-state index contributed by atoms with van der Waals surface area (Å²) in [7, 11) is 0. The van der Waals surface area contributed by atoms with E-state index in [0.29, 0.717) is 0 Å². The second-order valence-electron chi connectivity index (χ2n) is 7.52. The van der Waals surface area contributed by atoms with Crippen LogP contribution in [-0.2, 0) is 6.18 Å². The van der Waals surface area contributed by atoms with E-state index in [1.807, 2.05) is 19.1 Å². The molecule has 3 nitrogen and oxygen atoms in total. The summed E-state index contributed by atoms with van der Waals surface area (Å²) in [5.74, 6) is -1.06. The Balaban J connectivity index is 1.84. The average molecular weight is 375 g/mol. The van der Waals surface area contributed by atoms with Crippen molar-refractivity contribution in [2.24, 2.45) is 5.92 Å². The zero-order chi connectivity index (χ0) is 19.3. The van der Waals surface area contributed by atoms with Gasteiger partial charge >= 0.3 is 12.1 Å². The second-order valence-corrected chi connectivity index (χ2v) is 7.52. The predicted octanol–water partition coefficient (Wildman–Crippen LogP) is 5.76. The summed E-state index contributed by atoms with van der Waals surface area (Å²) >= 11 is 0. The summed E-state index contributed by atoms with van der Waals surface area (Å²) in [5, 5.41) is 12.4. The second kappa shape index (κ2) is 6.29. The van der Waals surface area contributed by atoms with Crippen molar-refractivity contribution in [3.8, 4) is 0 Å². The molecule has 2 N–H and O–H groups in total. The fourth-order valence-corrected chi connectivity index (χ4v) is 4.68. The highest BCUT2D eigenvalue weighted by Gasteiger charge is 2.44. The van der Waals surface area contributed by atoms with Crippen molar-refractivity contribution in [3.63, 3.8) is 0 Å². The van der Waals surface area contributed by atoms with E-state index >= 15 is 0 Å². The first kappa shape index (κ1) is 17.9. The van der Waals surface area contributed by atoms with Gasteiger partial charge in [0.05, 0.1) is 17.2 Å². The minimum atomic E-state index is -4.61. The number of anilines is 1. The molecule has 1 saturated carbocycles. The van der Waals surface area contributed by atoms with Crippen LogP contribution < -0.4 is 5.32 Å². The Morgan fingerprint density at radius 2 is 1.89 bits per heavy atom. The Bertz CT molecular complexity index is 907. The first-order valence-corrected chi connectivity index (χ1v) is 9.07. The molecule has 6 heteroatoms. The smallest absolute Gasteiger partial charge is 0.416 e. The van der Waals surface area contributed by atoms with Gasteiger partial charge in [-0.3, -0.25) is 0 Å². The van der Waals surface area contributed by atoms with Crippen molar-refractivity contribution < 1.29 is 23.1 Å². The highest BCUT2D eigenvalue weighted by molar-refractivity contribution is 5.88. The maximum Gasteiger partial charge on any atom is 0.416 e. The molecule has 142 valence electrons. The number of hydrogen-bond donors (Lipinski definition) is 2. The number of carbonyl (C=O) groups is 1. The molecule has 1 aliphatic carbocycles. The SMILES string of the molecule is Cc1ccc2c(c1)[C@@H]1CCC[C@@H]1[C@H](c1ccc(C(=O)O)cc1C(F)(F)F)N2. The Labute approximate surface area is 155 Å². The summed E-state index contributed by atoms with van der Waals surface area (Å²) in [6.45, 7) is 2.02. The van der Waals surface area contributed by atoms with Gasteiger partial charge in [0, 0.05) is 5.69 Å². The van der Waals surface area contributed by atoms with Crippen LogP contribution in [0.2, 0.25) is 0 Å². The third-order valence-electron chi connectivity index (χ3n) is 5.86. The van der Waals surface area contributed by atoms with Crippen LogP contribution in [0.4, 0.5) is 18.9 Å². The molecular formula is C21H20F3NO2. The molecule has 0 aromatic heterocycles. The van der Waals surface area contributed by atoms with Gasteiger partial charge in [0.15, 0.2) is 0 Å². The van der Waals surface area contributed by atoms with Crippen LogP contribution in [0.5, 0.6) is 0 Å². The summed E-state index contributed by atoms with van der Waals surface area (Å²) < 4.78 is 41.2. The van der Waals surface area contributed by atoms with E-state index in [1.165, 1.54) is 17.7 Å². The molecule has 0 spiro atoms. The van der Waals surface area contributed by atoms with Crippen molar-refractivity contribution in [1.82, 2.24) is 0 Å². The van der Waals surface area contributed by atoms with Crippen LogP contribution in [0.3, 0.4) is 0 Å². The lowest BCUT2D eigenvalue weighted by Crippen LogP contribution is -2.30. The largest absolute Gasteiger partial charge is 0.478 e. The Hall–Kier alpha value is -2.50. The van der Waals surface area contributed by atoms with Crippen molar-refractivity contribution >= 4 is 11.7 Å². The van der Waals surface area contributed by atoms with E-state index < -0.39 is 23.8 Å². The lowest BCUT2D eigenvalue weighted by atomic mass is 9.76. The molecule has 27 heavy (non-hydrogen) atoms. The van der Waals surface area contributed by atoms with Crippen molar-refractivity contribution in [3.05, 3.63) is 64.2 Å². The van der Waals surface area contributed by atoms with E-state index in [-0.39, 0.29) is 23.0 Å². The van der Waals surface area contributed by atoms with Gasteiger partial charge in [-0.25, -0.2) is 4.79 Å². The molecule has 0 unspecified atom stereocenters.